The summed E-state index contributed by atoms with van der Waals surface area (Å²) in [4.78, 5) is 6.38. The molecule has 98 valence electrons. The van der Waals surface area contributed by atoms with Gasteiger partial charge in [0.1, 0.15) is 6.10 Å². The van der Waals surface area contributed by atoms with E-state index in [1.54, 1.807) is 0 Å². The molecule has 1 aliphatic heterocycles. The average molecular weight is 250 g/mol. The van der Waals surface area contributed by atoms with Crippen LogP contribution in [0.1, 0.15) is 11.1 Å². The van der Waals surface area contributed by atoms with E-state index in [9.17, 15) is 0 Å². The molecule has 6 nitrogen and oxygen atoms in total. The van der Waals surface area contributed by atoms with Crippen LogP contribution in [0.15, 0.2) is 23.6 Å². The first kappa shape index (κ1) is 12.8. The molecule has 1 aromatic rings. The zero-order valence-corrected chi connectivity index (χ0v) is 10.4. The molecule has 0 aromatic carbocycles. The van der Waals surface area contributed by atoms with Crippen molar-refractivity contribution in [3.8, 4) is 0 Å². The van der Waals surface area contributed by atoms with E-state index in [1.807, 2.05) is 19.3 Å². The second-order valence-corrected chi connectivity index (χ2v) is 4.49. The van der Waals surface area contributed by atoms with Gasteiger partial charge >= 0.3 is 0 Å². The predicted molar refractivity (Wildman–Crippen MR) is 67.4 cm³/mol. The minimum atomic E-state index is -0.332. The van der Waals surface area contributed by atoms with Crippen molar-refractivity contribution in [2.75, 3.05) is 19.7 Å². The third-order valence-corrected chi connectivity index (χ3v) is 2.93. The Bertz CT molecular complexity index is 436. The van der Waals surface area contributed by atoms with Gasteiger partial charge < -0.3 is 15.7 Å². The number of rotatable bonds is 3. The van der Waals surface area contributed by atoms with Gasteiger partial charge in [-0.1, -0.05) is 11.2 Å². The summed E-state index contributed by atoms with van der Waals surface area (Å²) in [6, 6.07) is 2.11. The van der Waals surface area contributed by atoms with Crippen LogP contribution in [-0.2, 0) is 11.3 Å². The summed E-state index contributed by atoms with van der Waals surface area (Å²) in [6.45, 7) is 4.87. The Labute approximate surface area is 106 Å². The highest BCUT2D eigenvalue weighted by molar-refractivity contribution is 5.84. The van der Waals surface area contributed by atoms with E-state index in [4.69, 9.17) is 15.7 Å². The second-order valence-electron chi connectivity index (χ2n) is 4.49. The maximum atomic E-state index is 8.65. The lowest BCUT2D eigenvalue weighted by atomic mass is 10.2. The lowest BCUT2D eigenvalue weighted by Gasteiger charge is -2.32. The van der Waals surface area contributed by atoms with E-state index in [0.717, 1.165) is 24.2 Å². The molecule has 1 aromatic heterocycles. The van der Waals surface area contributed by atoms with E-state index >= 15 is 0 Å². The molecule has 1 saturated heterocycles. The minimum absolute atomic E-state index is 0.127. The van der Waals surface area contributed by atoms with Crippen molar-refractivity contribution in [2.45, 2.75) is 19.6 Å². The number of morpholine rings is 1. The summed E-state index contributed by atoms with van der Waals surface area (Å²) < 4.78 is 5.45. The molecule has 1 fully saturated rings. The zero-order valence-electron chi connectivity index (χ0n) is 10.4. The highest BCUT2D eigenvalue weighted by atomic mass is 16.5. The maximum absolute atomic E-state index is 8.65. The van der Waals surface area contributed by atoms with Gasteiger partial charge in [0.05, 0.1) is 6.61 Å². The van der Waals surface area contributed by atoms with Gasteiger partial charge in [0, 0.05) is 32.0 Å². The standard InChI is InChI=1S/C12H18N4O2/c1-9-4-10(6-14-5-9)7-16-2-3-18-11(8-16)12(13)15-17/h4-6,11,17H,2-3,7-8H2,1H3,(H2,13,15). The number of oxime groups is 1. The topological polar surface area (TPSA) is 84.0 Å². The van der Waals surface area contributed by atoms with Crippen molar-refractivity contribution in [2.24, 2.45) is 10.9 Å². The van der Waals surface area contributed by atoms with Crippen LogP contribution >= 0.6 is 0 Å². The van der Waals surface area contributed by atoms with Crippen LogP contribution in [0.5, 0.6) is 0 Å². The Morgan fingerprint density at radius 1 is 1.67 bits per heavy atom. The van der Waals surface area contributed by atoms with Crippen LogP contribution in [-0.4, -0.2) is 46.7 Å². The van der Waals surface area contributed by atoms with Crippen molar-refractivity contribution < 1.29 is 9.94 Å². The molecule has 1 aliphatic rings. The quantitative estimate of drug-likeness (QED) is 0.350. The number of ether oxygens (including phenoxy) is 1. The number of aromatic nitrogens is 1. The Morgan fingerprint density at radius 2 is 2.50 bits per heavy atom. The van der Waals surface area contributed by atoms with Gasteiger partial charge in [0.15, 0.2) is 5.84 Å². The number of aryl methyl sites for hydroxylation is 1. The number of amidine groups is 1. The molecule has 3 N–H and O–H groups in total. The zero-order chi connectivity index (χ0) is 13.0. The predicted octanol–water partition coefficient (Wildman–Crippen LogP) is 0.337. The number of hydrogen-bond acceptors (Lipinski definition) is 5. The molecular formula is C12H18N4O2. The minimum Gasteiger partial charge on any atom is -0.409 e. The number of pyridine rings is 1. The Kier molecular flexibility index (Phi) is 4.11. The van der Waals surface area contributed by atoms with Crippen molar-refractivity contribution in [1.29, 1.82) is 0 Å². The monoisotopic (exact) mass is 250 g/mol. The summed E-state index contributed by atoms with van der Waals surface area (Å²) >= 11 is 0. The SMILES string of the molecule is Cc1cncc(CN2CCOC(/C(N)=N/O)C2)c1. The average Bonchev–Trinajstić information content (AvgIpc) is 2.38. The molecule has 6 heteroatoms. The van der Waals surface area contributed by atoms with E-state index < -0.39 is 0 Å². The Balaban J connectivity index is 1.97. The van der Waals surface area contributed by atoms with E-state index in [2.05, 4.69) is 21.1 Å². The van der Waals surface area contributed by atoms with Crippen LogP contribution < -0.4 is 5.73 Å². The lowest BCUT2D eigenvalue weighted by molar-refractivity contribution is 0.00137. The highest BCUT2D eigenvalue weighted by Crippen LogP contribution is 2.11. The maximum Gasteiger partial charge on any atom is 0.169 e. The lowest BCUT2D eigenvalue weighted by Crippen LogP contribution is -2.48. The van der Waals surface area contributed by atoms with E-state index in [0.29, 0.717) is 13.2 Å². The summed E-state index contributed by atoms with van der Waals surface area (Å²) in [6.07, 6.45) is 3.37. The number of nitrogens with zero attached hydrogens (tertiary/aromatic N) is 3. The number of nitrogens with two attached hydrogens (primary N) is 1. The highest BCUT2D eigenvalue weighted by Gasteiger charge is 2.23. The second kappa shape index (κ2) is 5.79. The van der Waals surface area contributed by atoms with Gasteiger partial charge in [-0.15, -0.1) is 0 Å². The van der Waals surface area contributed by atoms with Crippen LogP contribution in [0.25, 0.3) is 0 Å². The van der Waals surface area contributed by atoms with Crippen LogP contribution in [0.3, 0.4) is 0 Å². The smallest absolute Gasteiger partial charge is 0.169 e. The van der Waals surface area contributed by atoms with Gasteiger partial charge in [0.25, 0.3) is 0 Å². The van der Waals surface area contributed by atoms with Crippen LogP contribution in [0.2, 0.25) is 0 Å². The molecule has 1 unspecified atom stereocenters. The van der Waals surface area contributed by atoms with Crippen molar-refractivity contribution in [3.63, 3.8) is 0 Å². The van der Waals surface area contributed by atoms with E-state index in [1.165, 1.54) is 0 Å². The fourth-order valence-corrected chi connectivity index (χ4v) is 2.05. The Hall–Kier alpha value is -1.66. The van der Waals surface area contributed by atoms with Gasteiger partial charge in [-0.25, -0.2) is 0 Å². The van der Waals surface area contributed by atoms with Gasteiger partial charge in [-0.05, 0) is 18.1 Å². The molecule has 0 aliphatic carbocycles. The summed E-state index contributed by atoms with van der Waals surface area (Å²) in [5.41, 5.74) is 7.87. The van der Waals surface area contributed by atoms with Crippen molar-refractivity contribution >= 4 is 5.84 Å². The van der Waals surface area contributed by atoms with Crippen molar-refractivity contribution in [1.82, 2.24) is 9.88 Å². The third-order valence-electron chi connectivity index (χ3n) is 2.93. The Morgan fingerprint density at radius 3 is 3.22 bits per heavy atom. The molecule has 0 radical (unpaired) electrons. The molecular weight excluding hydrogens is 232 g/mol. The summed E-state index contributed by atoms with van der Waals surface area (Å²) in [7, 11) is 0. The van der Waals surface area contributed by atoms with Gasteiger partial charge in [-0.3, -0.25) is 9.88 Å². The van der Waals surface area contributed by atoms with Gasteiger partial charge in [-0.2, -0.15) is 0 Å². The number of hydrogen-bond donors (Lipinski definition) is 2. The first-order valence-corrected chi connectivity index (χ1v) is 5.91. The van der Waals surface area contributed by atoms with Crippen LogP contribution in [0, 0.1) is 6.92 Å². The first-order valence-electron chi connectivity index (χ1n) is 5.91. The fraction of sp³-hybridized carbons (Fsp3) is 0.500. The molecule has 2 heterocycles. The molecule has 0 saturated carbocycles. The fourth-order valence-electron chi connectivity index (χ4n) is 2.05. The molecule has 0 bridgehead atoms. The normalized spacial score (nSPS) is 22.1. The molecule has 18 heavy (non-hydrogen) atoms. The van der Waals surface area contributed by atoms with Crippen LogP contribution in [0.4, 0.5) is 0 Å². The molecule has 2 rings (SSSR count). The largest absolute Gasteiger partial charge is 0.409 e. The summed E-state index contributed by atoms with van der Waals surface area (Å²) in [5.74, 6) is 0.127. The molecule has 1 atom stereocenters. The van der Waals surface area contributed by atoms with Gasteiger partial charge in [0.2, 0.25) is 0 Å². The third kappa shape index (κ3) is 3.18. The molecule has 0 amide bonds. The first-order chi connectivity index (χ1) is 8.69. The summed E-state index contributed by atoms with van der Waals surface area (Å²) in [5, 5.41) is 11.7. The van der Waals surface area contributed by atoms with Crippen molar-refractivity contribution in [3.05, 3.63) is 29.6 Å². The molecule has 0 spiro atoms. The van der Waals surface area contributed by atoms with E-state index in [-0.39, 0.29) is 11.9 Å².